The van der Waals surface area contributed by atoms with E-state index < -0.39 is 14.4 Å². The molecule has 3 nitrogen and oxygen atoms in total. The lowest BCUT2D eigenvalue weighted by molar-refractivity contribution is -0.00400. The zero-order valence-electron chi connectivity index (χ0n) is 12.9. The highest BCUT2D eigenvalue weighted by Crippen LogP contribution is 2.30. The quantitative estimate of drug-likeness (QED) is 0.636. The molecule has 0 rings (SSSR count). The van der Waals surface area contributed by atoms with Gasteiger partial charge < -0.3 is 14.6 Å². The number of aliphatic hydroxyl groups is 2. The van der Waals surface area contributed by atoms with Crippen LogP contribution in [0.1, 0.15) is 41.5 Å². The molecule has 0 aliphatic heterocycles. The van der Waals surface area contributed by atoms with Crippen molar-refractivity contribution >= 4 is 8.32 Å². The maximum atomic E-state index is 9.80. The summed E-state index contributed by atoms with van der Waals surface area (Å²) < 4.78 is 6.48. The summed E-state index contributed by atoms with van der Waals surface area (Å²) in [6.45, 7) is 12.5. The van der Waals surface area contributed by atoms with Gasteiger partial charge in [0.15, 0.2) is 8.32 Å². The van der Waals surface area contributed by atoms with E-state index in [0.29, 0.717) is 0 Å². The molecule has 0 bridgehead atoms. The maximum Gasteiger partial charge on any atom is 0.192 e. The number of aliphatic hydroxyl groups excluding tert-OH is 2. The van der Waals surface area contributed by atoms with Crippen molar-refractivity contribution in [1.29, 1.82) is 0 Å². The Bertz CT molecular complexity index is 209. The van der Waals surface area contributed by atoms with Crippen LogP contribution in [0.4, 0.5) is 0 Å². The van der Waals surface area contributed by atoms with Gasteiger partial charge in [-0.2, -0.15) is 0 Å². The Balaban J connectivity index is 4.98. The van der Waals surface area contributed by atoms with Crippen molar-refractivity contribution in [2.75, 3.05) is 6.61 Å². The first-order valence-electron chi connectivity index (χ1n) is 7.34. The minimum Gasteiger partial charge on any atom is -0.413 e. The second kappa shape index (κ2) is 8.30. The molecule has 0 spiro atoms. The largest absolute Gasteiger partial charge is 0.413 e. The molecule has 0 aliphatic carbocycles. The van der Waals surface area contributed by atoms with E-state index in [1.807, 2.05) is 13.8 Å². The van der Waals surface area contributed by atoms with Gasteiger partial charge in [0, 0.05) is 18.4 Å². The molecule has 0 fully saturated rings. The van der Waals surface area contributed by atoms with Crippen LogP contribution in [0.3, 0.4) is 0 Å². The fraction of sp³-hybridized carbons (Fsp3) is 1.00. The standard InChI is InChI=1S/C14H32O3Si/c1-7-18(8-2,9-3)17-14(11(4)10-15)12(5)13(6)16/h11-16H,7-10H2,1-6H3/t11-,12+,13-,14-/m1/s1. The lowest BCUT2D eigenvalue weighted by Crippen LogP contribution is -2.47. The molecular weight excluding hydrogens is 244 g/mol. The monoisotopic (exact) mass is 276 g/mol. The summed E-state index contributed by atoms with van der Waals surface area (Å²) in [5.41, 5.74) is 0. The summed E-state index contributed by atoms with van der Waals surface area (Å²) in [5.74, 6) is 0.134. The third kappa shape index (κ3) is 4.65. The lowest BCUT2D eigenvalue weighted by atomic mass is 9.90. The van der Waals surface area contributed by atoms with Crippen LogP contribution in [-0.2, 0) is 4.43 Å². The van der Waals surface area contributed by atoms with Crippen LogP contribution in [0.15, 0.2) is 0 Å². The molecule has 4 heteroatoms. The van der Waals surface area contributed by atoms with Crippen molar-refractivity contribution in [2.24, 2.45) is 11.8 Å². The SMILES string of the molecule is CC[Si](CC)(CC)O[C@@H]([C@@H](C)[C@@H](C)O)[C@H](C)CO. The first-order valence-corrected chi connectivity index (χ1v) is 9.87. The van der Waals surface area contributed by atoms with E-state index in [4.69, 9.17) is 4.43 Å². The Morgan fingerprint density at radius 3 is 1.72 bits per heavy atom. The van der Waals surface area contributed by atoms with Crippen LogP contribution in [-0.4, -0.2) is 37.3 Å². The number of hydrogen-bond acceptors (Lipinski definition) is 3. The summed E-state index contributed by atoms with van der Waals surface area (Å²) in [5, 5.41) is 19.2. The van der Waals surface area contributed by atoms with Crippen LogP contribution < -0.4 is 0 Å². The normalized spacial score (nSPS) is 19.3. The summed E-state index contributed by atoms with van der Waals surface area (Å²) in [7, 11) is -1.69. The first kappa shape index (κ1) is 18.1. The Morgan fingerprint density at radius 2 is 1.44 bits per heavy atom. The third-order valence-corrected chi connectivity index (χ3v) is 9.09. The van der Waals surface area contributed by atoms with Crippen LogP contribution in [0.25, 0.3) is 0 Å². The van der Waals surface area contributed by atoms with Crippen molar-refractivity contribution < 1.29 is 14.6 Å². The molecule has 4 atom stereocenters. The van der Waals surface area contributed by atoms with Crippen LogP contribution >= 0.6 is 0 Å². The Morgan fingerprint density at radius 1 is 1.00 bits per heavy atom. The van der Waals surface area contributed by atoms with Gasteiger partial charge in [0.1, 0.15) is 0 Å². The summed E-state index contributed by atoms with van der Waals surface area (Å²) in [4.78, 5) is 0. The molecule has 0 amide bonds. The molecule has 0 heterocycles. The molecule has 18 heavy (non-hydrogen) atoms. The molecule has 0 saturated carbocycles. The summed E-state index contributed by atoms with van der Waals surface area (Å²) in [6, 6.07) is 3.30. The van der Waals surface area contributed by atoms with Gasteiger partial charge in [-0.05, 0) is 25.1 Å². The fourth-order valence-corrected chi connectivity index (χ4v) is 5.43. The molecule has 0 aliphatic rings. The minimum atomic E-state index is -1.69. The highest BCUT2D eigenvalue weighted by Gasteiger charge is 2.37. The topological polar surface area (TPSA) is 49.7 Å². The predicted octanol–water partition coefficient (Wildman–Crippen LogP) is 3.02. The Hall–Kier alpha value is 0.0969. The summed E-state index contributed by atoms with van der Waals surface area (Å²) >= 11 is 0. The van der Waals surface area contributed by atoms with E-state index in [9.17, 15) is 10.2 Å². The van der Waals surface area contributed by atoms with Gasteiger partial charge in [-0.3, -0.25) is 0 Å². The minimum absolute atomic E-state index is 0.0403. The molecule has 2 N–H and O–H groups in total. The van der Waals surface area contributed by atoms with Crippen molar-refractivity contribution in [3.8, 4) is 0 Å². The highest BCUT2D eigenvalue weighted by atomic mass is 28.4. The van der Waals surface area contributed by atoms with E-state index in [1.54, 1.807) is 6.92 Å². The molecule has 0 saturated heterocycles. The van der Waals surface area contributed by atoms with Gasteiger partial charge in [-0.15, -0.1) is 0 Å². The molecule has 0 aromatic heterocycles. The van der Waals surface area contributed by atoms with Crippen molar-refractivity contribution in [3.05, 3.63) is 0 Å². The Kier molecular flexibility index (Phi) is 8.35. The average molecular weight is 276 g/mol. The van der Waals surface area contributed by atoms with Gasteiger partial charge in [0.2, 0.25) is 0 Å². The van der Waals surface area contributed by atoms with E-state index in [-0.39, 0.29) is 24.5 Å². The second-order valence-electron chi connectivity index (χ2n) is 5.59. The third-order valence-electron chi connectivity index (χ3n) is 4.45. The smallest absolute Gasteiger partial charge is 0.192 e. The van der Waals surface area contributed by atoms with Gasteiger partial charge in [-0.1, -0.05) is 34.6 Å². The molecule has 110 valence electrons. The molecule has 0 aromatic rings. The number of rotatable bonds is 9. The van der Waals surface area contributed by atoms with E-state index in [0.717, 1.165) is 18.1 Å². The summed E-state index contributed by atoms with van der Waals surface area (Å²) in [6.07, 6.45) is -0.442. The Labute approximate surface area is 114 Å². The first-order chi connectivity index (χ1) is 8.37. The predicted molar refractivity (Wildman–Crippen MR) is 79.2 cm³/mol. The van der Waals surface area contributed by atoms with Crippen LogP contribution in [0.2, 0.25) is 18.1 Å². The van der Waals surface area contributed by atoms with Crippen LogP contribution in [0, 0.1) is 11.8 Å². The van der Waals surface area contributed by atoms with Gasteiger partial charge in [-0.25, -0.2) is 0 Å². The highest BCUT2D eigenvalue weighted by molar-refractivity contribution is 6.73. The van der Waals surface area contributed by atoms with Gasteiger partial charge in [0.25, 0.3) is 0 Å². The van der Waals surface area contributed by atoms with E-state index in [2.05, 4.69) is 20.8 Å². The molecule has 0 aromatic carbocycles. The zero-order chi connectivity index (χ0) is 14.3. The second-order valence-corrected chi connectivity index (χ2v) is 10.3. The average Bonchev–Trinajstić information content (AvgIpc) is 2.39. The number of hydrogen-bond donors (Lipinski definition) is 2. The van der Waals surface area contributed by atoms with E-state index in [1.165, 1.54) is 0 Å². The zero-order valence-corrected chi connectivity index (χ0v) is 13.9. The molecule has 0 unspecified atom stereocenters. The molecular formula is C14H32O3Si. The fourth-order valence-electron chi connectivity index (χ4n) is 2.41. The lowest BCUT2D eigenvalue weighted by Gasteiger charge is -2.39. The maximum absolute atomic E-state index is 9.80. The van der Waals surface area contributed by atoms with Crippen molar-refractivity contribution in [2.45, 2.75) is 71.9 Å². The van der Waals surface area contributed by atoms with Crippen LogP contribution in [0.5, 0.6) is 0 Å². The molecule has 0 radical (unpaired) electrons. The van der Waals surface area contributed by atoms with Gasteiger partial charge in [0.05, 0.1) is 12.2 Å². The van der Waals surface area contributed by atoms with E-state index >= 15 is 0 Å². The van der Waals surface area contributed by atoms with Crippen molar-refractivity contribution in [1.82, 2.24) is 0 Å². The van der Waals surface area contributed by atoms with Crippen molar-refractivity contribution in [3.63, 3.8) is 0 Å². The van der Waals surface area contributed by atoms with Gasteiger partial charge >= 0.3 is 0 Å².